The third-order valence-electron chi connectivity index (χ3n) is 4.94. The maximum absolute atomic E-state index is 13.2. The van der Waals surface area contributed by atoms with E-state index >= 15 is 0 Å². The molecule has 1 aliphatic heterocycles. The molecule has 1 amide bonds. The van der Waals surface area contributed by atoms with Gasteiger partial charge in [0.2, 0.25) is 5.95 Å². The number of aryl methyl sites for hydroxylation is 2. The van der Waals surface area contributed by atoms with Crippen LogP contribution in [0.4, 0.5) is 17.3 Å². The van der Waals surface area contributed by atoms with Crippen LogP contribution in [0.5, 0.6) is 0 Å². The minimum absolute atomic E-state index is 0.108. The molecular formula is C22H21ClN4O. The molecule has 142 valence electrons. The molecule has 28 heavy (non-hydrogen) atoms. The van der Waals surface area contributed by atoms with Crippen molar-refractivity contribution in [3.63, 3.8) is 0 Å². The largest absolute Gasteiger partial charge is 0.324 e. The highest BCUT2D eigenvalue weighted by molar-refractivity contribution is 6.31. The molecule has 2 heterocycles. The van der Waals surface area contributed by atoms with E-state index in [1.54, 1.807) is 6.07 Å². The van der Waals surface area contributed by atoms with E-state index in [2.05, 4.69) is 21.4 Å². The molecule has 0 saturated carbocycles. The van der Waals surface area contributed by atoms with Crippen LogP contribution in [-0.4, -0.2) is 22.4 Å². The minimum atomic E-state index is -0.108. The van der Waals surface area contributed by atoms with Gasteiger partial charge in [-0.3, -0.25) is 4.79 Å². The van der Waals surface area contributed by atoms with E-state index in [0.717, 1.165) is 35.5 Å². The molecule has 6 heteroatoms. The summed E-state index contributed by atoms with van der Waals surface area (Å²) in [5.41, 5.74) is 5.00. The predicted molar refractivity (Wildman–Crippen MR) is 113 cm³/mol. The lowest BCUT2D eigenvalue weighted by atomic mass is 10.0. The lowest BCUT2D eigenvalue weighted by Crippen LogP contribution is -2.36. The van der Waals surface area contributed by atoms with Crippen LogP contribution in [0.1, 0.15) is 33.7 Å². The van der Waals surface area contributed by atoms with Crippen molar-refractivity contribution in [1.29, 1.82) is 0 Å². The third kappa shape index (κ3) is 3.58. The molecule has 2 aromatic carbocycles. The second-order valence-corrected chi connectivity index (χ2v) is 7.35. The maximum atomic E-state index is 13.2. The van der Waals surface area contributed by atoms with Crippen molar-refractivity contribution in [2.75, 3.05) is 16.8 Å². The van der Waals surface area contributed by atoms with Gasteiger partial charge >= 0.3 is 0 Å². The van der Waals surface area contributed by atoms with Gasteiger partial charge < -0.3 is 10.2 Å². The molecule has 0 radical (unpaired) electrons. The van der Waals surface area contributed by atoms with E-state index < -0.39 is 0 Å². The van der Waals surface area contributed by atoms with Gasteiger partial charge in [0.25, 0.3) is 5.91 Å². The summed E-state index contributed by atoms with van der Waals surface area (Å²) in [5, 5.41) is 3.86. The van der Waals surface area contributed by atoms with Crippen LogP contribution in [0, 0.1) is 13.8 Å². The van der Waals surface area contributed by atoms with Crippen LogP contribution < -0.4 is 10.2 Å². The van der Waals surface area contributed by atoms with E-state index in [1.165, 1.54) is 5.56 Å². The molecule has 0 unspecified atom stereocenters. The fourth-order valence-corrected chi connectivity index (χ4v) is 3.65. The third-order valence-corrected chi connectivity index (χ3v) is 5.35. The van der Waals surface area contributed by atoms with E-state index in [1.807, 2.05) is 55.1 Å². The fraction of sp³-hybridized carbons (Fsp3) is 0.227. The van der Waals surface area contributed by atoms with Gasteiger partial charge in [-0.05, 0) is 62.1 Å². The van der Waals surface area contributed by atoms with Crippen molar-refractivity contribution < 1.29 is 4.79 Å². The highest BCUT2D eigenvalue weighted by atomic mass is 35.5. The number of hydrogen-bond donors (Lipinski definition) is 1. The van der Waals surface area contributed by atoms with Crippen molar-refractivity contribution in [2.24, 2.45) is 0 Å². The number of nitrogens with one attached hydrogen (secondary N) is 1. The predicted octanol–water partition coefficient (Wildman–Crippen LogP) is 5.08. The molecular weight excluding hydrogens is 372 g/mol. The van der Waals surface area contributed by atoms with Crippen molar-refractivity contribution >= 4 is 34.8 Å². The number of rotatable bonds is 3. The van der Waals surface area contributed by atoms with Gasteiger partial charge in [-0.2, -0.15) is 0 Å². The van der Waals surface area contributed by atoms with Gasteiger partial charge in [0.05, 0.1) is 0 Å². The van der Waals surface area contributed by atoms with E-state index in [9.17, 15) is 4.79 Å². The molecule has 0 atom stereocenters. The van der Waals surface area contributed by atoms with Crippen molar-refractivity contribution in [2.45, 2.75) is 26.7 Å². The van der Waals surface area contributed by atoms with Crippen LogP contribution in [-0.2, 0) is 6.42 Å². The fourth-order valence-electron chi connectivity index (χ4n) is 3.48. The summed E-state index contributed by atoms with van der Waals surface area (Å²) < 4.78 is 0. The Morgan fingerprint density at radius 3 is 2.79 bits per heavy atom. The first-order valence-corrected chi connectivity index (χ1v) is 9.68. The summed E-state index contributed by atoms with van der Waals surface area (Å²) in [6.07, 6.45) is 1.93. The maximum Gasteiger partial charge on any atom is 0.277 e. The van der Waals surface area contributed by atoms with Crippen LogP contribution in [0.15, 0.2) is 48.5 Å². The number of para-hydroxylation sites is 1. The molecule has 0 saturated heterocycles. The van der Waals surface area contributed by atoms with Crippen LogP contribution in [0.25, 0.3) is 0 Å². The number of amides is 1. The number of carbonyl (C=O) groups is 1. The summed E-state index contributed by atoms with van der Waals surface area (Å²) in [5.74, 6) is 0.280. The smallest absolute Gasteiger partial charge is 0.277 e. The van der Waals surface area contributed by atoms with Gasteiger partial charge in [0, 0.05) is 28.6 Å². The second-order valence-electron chi connectivity index (χ2n) is 6.94. The molecule has 0 fully saturated rings. The highest BCUT2D eigenvalue weighted by Crippen LogP contribution is 2.29. The zero-order valence-electron chi connectivity index (χ0n) is 15.9. The van der Waals surface area contributed by atoms with Gasteiger partial charge in [-0.25, -0.2) is 9.97 Å². The molecule has 0 spiro atoms. The Morgan fingerprint density at radius 2 is 1.93 bits per heavy atom. The molecule has 1 aromatic heterocycles. The number of hydrogen-bond acceptors (Lipinski definition) is 4. The highest BCUT2D eigenvalue weighted by Gasteiger charge is 2.25. The summed E-state index contributed by atoms with van der Waals surface area (Å²) in [7, 11) is 0. The number of carbonyl (C=O) groups excluding carboxylic acids is 1. The first-order valence-electron chi connectivity index (χ1n) is 9.30. The lowest BCUT2D eigenvalue weighted by molar-refractivity contribution is 0.0980. The zero-order chi connectivity index (χ0) is 19.7. The number of anilines is 3. The summed E-state index contributed by atoms with van der Waals surface area (Å²) in [4.78, 5) is 24.0. The van der Waals surface area contributed by atoms with Crippen LogP contribution in [0.2, 0.25) is 5.02 Å². The standard InChI is InChI=1S/C22H21ClN4O/c1-14-13-19(21(28)27-12-6-8-16-7-3-4-11-20(16)27)26-22(24-14)25-18-10-5-9-17(23)15(18)2/h3-5,7,9-11,13H,6,8,12H2,1-2H3,(H,24,25,26). The molecule has 5 nitrogen and oxygen atoms in total. The first kappa shape index (κ1) is 18.4. The number of fused-ring (bicyclic) bond motifs is 1. The Labute approximate surface area is 169 Å². The number of benzene rings is 2. The number of nitrogens with zero attached hydrogens (tertiary/aromatic N) is 3. The van der Waals surface area contributed by atoms with E-state index in [0.29, 0.717) is 23.2 Å². The van der Waals surface area contributed by atoms with Gasteiger partial charge in [0.1, 0.15) is 5.69 Å². The van der Waals surface area contributed by atoms with Crippen molar-refractivity contribution in [3.8, 4) is 0 Å². The molecule has 0 bridgehead atoms. The normalized spacial score (nSPS) is 13.2. The Hall–Kier alpha value is -2.92. The Kier molecular flexibility index (Phi) is 5.01. The number of aromatic nitrogens is 2. The monoisotopic (exact) mass is 392 g/mol. The van der Waals surface area contributed by atoms with Gasteiger partial charge in [-0.1, -0.05) is 35.9 Å². The molecule has 1 aliphatic rings. The quantitative estimate of drug-likeness (QED) is 0.675. The molecule has 1 N–H and O–H groups in total. The Balaban J connectivity index is 1.66. The molecule has 3 aromatic rings. The molecule has 4 rings (SSSR count). The van der Waals surface area contributed by atoms with E-state index in [-0.39, 0.29) is 5.91 Å². The second kappa shape index (κ2) is 7.60. The van der Waals surface area contributed by atoms with Gasteiger partial charge in [-0.15, -0.1) is 0 Å². The first-order chi connectivity index (χ1) is 13.5. The van der Waals surface area contributed by atoms with E-state index in [4.69, 9.17) is 11.6 Å². The summed E-state index contributed by atoms with van der Waals surface area (Å²) in [6, 6.07) is 15.4. The van der Waals surface area contributed by atoms with Crippen LogP contribution in [0.3, 0.4) is 0 Å². The minimum Gasteiger partial charge on any atom is -0.324 e. The average Bonchev–Trinajstić information content (AvgIpc) is 2.70. The van der Waals surface area contributed by atoms with Crippen molar-refractivity contribution in [3.05, 3.63) is 76.1 Å². The SMILES string of the molecule is Cc1cc(C(=O)N2CCCc3ccccc32)nc(Nc2cccc(Cl)c2C)n1. The summed E-state index contributed by atoms with van der Waals surface area (Å²) in [6.45, 7) is 4.48. The Morgan fingerprint density at radius 1 is 1.11 bits per heavy atom. The van der Waals surface area contributed by atoms with Crippen LogP contribution >= 0.6 is 11.6 Å². The average molecular weight is 393 g/mol. The lowest BCUT2D eigenvalue weighted by Gasteiger charge is -2.29. The zero-order valence-corrected chi connectivity index (χ0v) is 16.6. The van der Waals surface area contributed by atoms with Crippen molar-refractivity contribution in [1.82, 2.24) is 9.97 Å². The topological polar surface area (TPSA) is 58.1 Å². The van der Waals surface area contributed by atoms with Gasteiger partial charge in [0.15, 0.2) is 0 Å². The number of halogens is 1. The molecule has 0 aliphatic carbocycles. The summed E-state index contributed by atoms with van der Waals surface area (Å²) >= 11 is 6.20. The Bertz CT molecular complexity index is 1050.